The van der Waals surface area contributed by atoms with Crippen LogP contribution in [-0.4, -0.2) is 17.6 Å². The van der Waals surface area contributed by atoms with E-state index in [1.807, 2.05) is 65.0 Å². The molecule has 0 aliphatic carbocycles. The first-order valence-electron chi connectivity index (χ1n) is 9.48. The molecule has 0 saturated carbocycles. The van der Waals surface area contributed by atoms with Crippen molar-refractivity contribution >= 4 is 5.91 Å². The Bertz CT molecular complexity index is 857. The van der Waals surface area contributed by atoms with Gasteiger partial charge in [-0.2, -0.15) is 0 Å². The van der Waals surface area contributed by atoms with Crippen molar-refractivity contribution in [3.8, 4) is 11.5 Å². The van der Waals surface area contributed by atoms with Gasteiger partial charge in [0.25, 0.3) is 5.91 Å². The van der Waals surface area contributed by atoms with Gasteiger partial charge in [0.15, 0.2) is 6.10 Å². The van der Waals surface area contributed by atoms with E-state index in [1.165, 1.54) is 0 Å². The molecule has 1 amide bonds. The summed E-state index contributed by atoms with van der Waals surface area (Å²) in [5.74, 6) is 1.47. The first-order valence-corrected chi connectivity index (χ1v) is 9.48. The molecule has 0 radical (unpaired) electrons. The van der Waals surface area contributed by atoms with Gasteiger partial charge < -0.3 is 14.8 Å². The van der Waals surface area contributed by atoms with Gasteiger partial charge in [-0.25, -0.2) is 0 Å². The van der Waals surface area contributed by atoms with Gasteiger partial charge in [-0.1, -0.05) is 29.8 Å². The molecule has 0 saturated heterocycles. The Labute approximate surface area is 161 Å². The van der Waals surface area contributed by atoms with Crippen LogP contribution < -0.4 is 14.8 Å². The van der Waals surface area contributed by atoms with E-state index in [4.69, 9.17) is 9.47 Å². The van der Waals surface area contributed by atoms with E-state index in [2.05, 4.69) is 11.4 Å². The van der Waals surface area contributed by atoms with Gasteiger partial charge in [0.05, 0.1) is 6.04 Å². The minimum atomic E-state index is -0.579. The zero-order valence-electron chi connectivity index (χ0n) is 17.1. The number of hydrogen-bond donors (Lipinski definition) is 1. The minimum absolute atomic E-state index is 0.0965. The minimum Gasteiger partial charge on any atom is -0.487 e. The molecule has 0 spiro atoms. The zero-order chi connectivity index (χ0) is 19.8. The van der Waals surface area contributed by atoms with Gasteiger partial charge in [0.1, 0.15) is 17.1 Å². The lowest BCUT2D eigenvalue weighted by Crippen LogP contribution is -2.44. The summed E-state index contributed by atoms with van der Waals surface area (Å²) in [5.41, 5.74) is 3.97. The van der Waals surface area contributed by atoms with Crippen LogP contribution in [0.4, 0.5) is 0 Å². The van der Waals surface area contributed by atoms with Gasteiger partial charge in [-0.15, -0.1) is 0 Å². The van der Waals surface area contributed by atoms with Crippen LogP contribution in [0.15, 0.2) is 36.4 Å². The Morgan fingerprint density at radius 3 is 2.56 bits per heavy atom. The number of nitrogens with one attached hydrogen (secondary N) is 1. The molecule has 0 fully saturated rings. The lowest BCUT2D eigenvalue weighted by Gasteiger charge is -2.38. The summed E-state index contributed by atoms with van der Waals surface area (Å²) in [6.07, 6.45) is 0.135. The fourth-order valence-electron chi connectivity index (χ4n) is 3.47. The molecule has 1 heterocycles. The molecule has 4 nitrogen and oxygen atoms in total. The average molecular weight is 367 g/mol. The zero-order valence-corrected chi connectivity index (χ0v) is 17.1. The lowest BCUT2D eigenvalue weighted by atomic mass is 9.89. The van der Waals surface area contributed by atoms with Crippen LogP contribution in [0.1, 0.15) is 55.5 Å². The maximum absolute atomic E-state index is 12.8. The third-order valence-electron chi connectivity index (χ3n) is 4.96. The fraction of sp³-hybridized carbons (Fsp3) is 0.435. The predicted octanol–water partition coefficient (Wildman–Crippen LogP) is 4.80. The lowest BCUT2D eigenvalue weighted by molar-refractivity contribution is -0.128. The van der Waals surface area contributed by atoms with E-state index in [9.17, 15) is 4.79 Å². The summed E-state index contributed by atoms with van der Waals surface area (Å²) < 4.78 is 12.0. The molecule has 3 rings (SSSR count). The molecule has 0 unspecified atom stereocenters. The van der Waals surface area contributed by atoms with Gasteiger partial charge >= 0.3 is 0 Å². The van der Waals surface area contributed by atoms with Crippen LogP contribution in [0.3, 0.4) is 0 Å². The number of benzene rings is 2. The molecular weight excluding hydrogens is 338 g/mol. The van der Waals surface area contributed by atoms with Crippen molar-refractivity contribution in [3.05, 3.63) is 58.7 Å². The van der Waals surface area contributed by atoms with Crippen LogP contribution in [0.2, 0.25) is 0 Å². The fourth-order valence-corrected chi connectivity index (χ4v) is 3.47. The number of hydrogen-bond acceptors (Lipinski definition) is 3. The summed E-state index contributed by atoms with van der Waals surface area (Å²) >= 11 is 0. The normalized spacial score (nSPS) is 18.8. The van der Waals surface area contributed by atoms with Gasteiger partial charge in [0, 0.05) is 12.0 Å². The summed E-state index contributed by atoms with van der Waals surface area (Å²) in [4.78, 5) is 12.8. The molecule has 2 atom stereocenters. The number of carbonyl (C=O) groups is 1. The maximum atomic E-state index is 12.8. The highest BCUT2D eigenvalue weighted by molar-refractivity contribution is 5.81. The smallest absolute Gasteiger partial charge is 0.261 e. The second-order valence-electron chi connectivity index (χ2n) is 8.20. The number of fused-ring (bicyclic) bond motifs is 1. The van der Waals surface area contributed by atoms with Crippen molar-refractivity contribution in [1.29, 1.82) is 0 Å². The summed E-state index contributed by atoms with van der Waals surface area (Å²) in [5, 5.41) is 3.17. The summed E-state index contributed by atoms with van der Waals surface area (Å²) in [7, 11) is 0. The van der Waals surface area contributed by atoms with E-state index < -0.39 is 6.10 Å². The number of carbonyl (C=O) groups excluding carboxylic acids is 1. The highest BCUT2D eigenvalue weighted by Gasteiger charge is 2.35. The summed E-state index contributed by atoms with van der Waals surface area (Å²) in [6.45, 7) is 11.9. The van der Waals surface area contributed by atoms with E-state index in [0.717, 1.165) is 33.8 Å². The maximum Gasteiger partial charge on any atom is 0.261 e. The van der Waals surface area contributed by atoms with E-state index in [-0.39, 0.29) is 17.6 Å². The van der Waals surface area contributed by atoms with Crippen molar-refractivity contribution in [1.82, 2.24) is 5.32 Å². The summed E-state index contributed by atoms with van der Waals surface area (Å²) in [6, 6.07) is 12.0. The molecule has 4 heteroatoms. The Kier molecular flexibility index (Phi) is 5.18. The van der Waals surface area contributed by atoms with Crippen LogP contribution in [0.5, 0.6) is 11.5 Å². The molecule has 0 bridgehead atoms. The quantitative estimate of drug-likeness (QED) is 0.844. The Morgan fingerprint density at radius 2 is 1.81 bits per heavy atom. The van der Waals surface area contributed by atoms with Gasteiger partial charge in [0.2, 0.25) is 0 Å². The van der Waals surface area contributed by atoms with Crippen molar-refractivity contribution in [2.24, 2.45) is 0 Å². The monoisotopic (exact) mass is 367 g/mol. The first kappa shape index (κ1) is 19.3. The molecule has 144 valence electrons. The van der Waals surface area contributed by atoms with Crippen LogP contribution in [0.25, 0.3) is 0 Å². The topological polar surface area (TPSA) is 47.6 Å². The largest absolute Gasteiger partial charge is 0.487 e. The third kappa shape index (κ3) is 4.44. The molecule has 1 aliphatic heterocycles. The number of amides is 1. The van der Waals surface area contributed by atoms with Gasteiger partial charge in [-0.05, 0) is 64.8 Å². The van der Waals surface area contributed by atoms with Crippen LogP contribution >= 0.6 is 0 Å². The molecule has 2 aromatic rings. The number of aryl methyl sites for hydroxylation is 3. The van der Waals surface area contributed by atoms with E-state index in [1.54, 1.807) is 6.92 Å². The second-order valence-corrected chi connectivity index (χ2v) is 8.20. The average Bonchev–Trinajstić information content (AvgIpc) is 2.58. The van der Waals surface area contributed by atoms with Crippen molar-refractivity contribution in [2.75, 3.05) is 0 Å². The molecule has 1 aliphatic rings. The Morgan fingerprint density at radius 1 is 1.15 bits per heavy atom. The number of ether oxygens (including phenoxy) is 2. The van der Waals surface area contributed by atoms with Crippen molar-refractivity contribution < 1.29 is 14.3 Å². The molecule has 1 N–H and O–H groups in total. The standard InChI is InChI=1S/C23H29NO3/c1-14-8-10-20-18(11-14)19(13-23(5,6)27-20)24-22(25)17(4)26-21-12-15(2)7-9-16(21)3/h7-12,17,19H,13H2,1-6H3,(H,24,25)/t17-,19-/m1/s1. The van der Waals surface area contributed by atoms with E-state index in [0.29, 0.717) is 6.42 Å². The molecule has 27 heavy (non-hydrogen) atoms. The second kappa shape index (κ2) is 7.26. The highest BCUT2D eigenvalue weighted by Crippen LogP contribution is 2.40. The van der Waals surface area contributed by atoms with E-state index >= 15 is 0 Å². The SMILES string of the molecule is Cc1ccc(C)c(O[C@H](C)C(=O)N[C@@H]2CC(C)(C)Oc3ccc(C)cc32)c1. The highest BCUT2D eigenvalue weighted by atomic mass is 16.5. The Hall–Kier alpha value is -2.49. The molecule has 2 aromatic carbocycles. The third-order valence-corrected chi connectivity index (χ3v) is 4.96. The van der Waals surface area contributed by atoms with Crippen molar-refractivity contribution in [3.63, 3.8) is 0 Å². The van der Waals surface area contributed by atoms with Crippen LogP contribution in [0, 0.1) is 20.8 Å². The first-order chi connectivity index (χ1) is 12.6. The Balaban J connectivity index is 1.77. The van der Waals surface area contributed by atoms with Gasteiger partial charge in [-0.3, -0.25) is 4.79 Å². The number of rotatable bonds is 4. The molecule has 0 aromatic heterocycles. The predicted molar refractivity (Wildman–Crippen MR) is 107 cm³/mol. The molecular formula is C23H29NO3. The van der Waals surface area contributed by atoms with Crippen LogP contribution in [-0.2, 0) is 4.79 Å². The van der Waals surface area contributed by atoms with Crippen molar-refractivity contribution in [2.45, 2.75) is 65.7 Å².